The molecule has 0 aliphatic rings. The van der Waals surface area contributed by atoms with Crippen LogP contribution in [0.4, 0.5) is 0 Å². The molecule has 0 saturated carbocycles. The fourth-order valence-electron chi connectivity index (χ4n) is 1.98. The third-order valence-corrected chi connectivity index (χ3v) is 3.56. The summed E-state index contributed by atoms with van der Waals surface area (Å²) in [5.74, 6) is -0.107. The molecule has 0 unspecified atom stereocenters. The van der Waals surface area contributed by atoms with Crippen LogP contribution in [0.2, 0.25) is 0 Å². The first-order valence-corrected chi connectivity index (χ1v) is 8.01. The first-order valence-electron chi connectivity index (χ1n) is 7.26. The van der Waals surface area contributed by atoms with E-state index in [4.69, 9.17) is 33.0 Å². The Balaban J connectivity index is 3.19. The van der Waals surface area contributed by atoms with E-state index in [0.717, 1.165) is 5.56 Å². The summed E-state index contributed by atoms with van der Waals surface area (Å²) < 4.78 is 5.70. The minimum absolute atomic E-state index is 0.0820. The Bertz CT molecular complexity index is 703. The molecule has 1 aromatic carbocycles. The molecule has 2 N–H and O–H groups in total. The Labute approximate surface area is 151 Å². The third kappa shape index (κ3) is 5.95. The molecule has 24 heavy (non-hydrogen) atoms. The summed E-state index contributed by atoms with van der Waals surface area (Å²) in [6.45, 7) is 9.15. The first-order chi connectivity index (χ1) is 11.1. The fraction of sp³-hybridized carbons (Fsp3) is 0.278. The predicted octanol–water partition coefficient (Wildman–Crippen LogP) is 5.52. The molecule has 1 aromatic rings. The van der Waals surface area contributed by atoms with Gasteiger partial charge in [-0.25, -0.2) is 0 Å². The molecule has 0 atom stereocenters. The lowest BCUT2D eigenvalue weighted by Gasteiger charge is -2.14. The minimum atomic E-state index is -0.958. The van der Waals surface area contributed by atoms with E-state index < -0.39 is 5.97 Å². The van der Waals surface area contributed by atoms with Crippen molar-refractivity contribution in [1.29, 1.82) is 0 Å². The molecule has 0 aromatic heterocycles. The molecular weight excluding hydrogens is 351 g/mol. The number of carbonyl (C=O) groups is 1. The number of benzene rings is 1. The molecule has 0 radical (unpaired) electrons. The molecule has 130 valence electrons. The van der Waals surface area contributed by atoms with Gasteiger partial charge >= 0.3 is 5.97 Å². The molecule has 6 heteroatoms. The highest BCUT2D eigenvalue weighted by Crippen LogP contribution is 2.32. The Morgan fingerprint density at radius 1 is 1.38 bits per heavy atom. The molecule has 0 spiro atoms. The van der Waals surface area contributed by atoms with Crippen molar-refractivity contribution in [3.05, 3.63) is 57.8 Å². The van der Waals surface area contributed by atoms with Gasteiger partial charge in [0.1, 0.15) is 11.5 Å². The van der Waals surface area contributed by atoms with Gasteiger partial charge in [0.15, 0.2) is 5.76 Å². The number of allylic oxidation sites excluding steroid dienone is 3. The summed E-state index contributed by atoms with van der Waals surface area (Å²) in [5, 5.41) is 18.9. The molecule has 0 aliphatic heterocycles. The van der Waals surface area contributed by atoms with Crippen molar-refractivity contribution in [2.24, 2.45) is 0 Å². The maximum Gasteiger partial charge on any atom is 0.307 e. The number of carboxylic acid groups (broad SMARTS) is 1. The zero-order valence-corrected chi connectivity index (χ0v) is 15.3. The van der Waals surface area contributed by atoms with Crippen LogP contribution in [0.5, 0.6) is 11.5 Å². The summed E-state index contributed by atoms with van der Waals surface area (Å²) in [6, 6.07) is 4.80. The van der Waals surface area contributed by atoms with Crippen LogP contribution >= 0.6 is 23.2 Å². The largest absolute Gasteiger partial charge is 0.508 e. The van der Waals surface area contributed by atoms with E-state index in [1.165, 1.54) is 12.1 Å². The molecule has 1 rings (SSSR count). The van der Waals surface area contributed by atoms with Crippen LogP contribution in [0.1, 0.15) is 38.7 Å². The van der Waals surface area contributed by atoms with Crippen LogP contribution in [0, 0.1) is 0 Å². The highest BCUT2D eigenvalue weighted by Gasteiger charge is 2.13. The number of aliphatic carboxylic acids is 1. The molecule has 0 heterocycles. The molecule has 4 nitrogen and oxygen atoms in total. The summed E-state index contributed by atoms with van der Waals surface area (Å²) in [5.41, 5.74) is 1.26. The van der Waals surface area contributed by atoms with Gasteiger partial charge in [0.25, 0.3) is 0 Å². The average molecular weight is 371 g/mol. The molecule has 0 amide bonds. The lowest BCUT2D eigenvalue weighted by molar-refractivity contribution is -0.136. The first kappa shape index (κ1) is 20.1. The second-order valence-corrected chi connectivity index (χ2v) is 6.48. The number of halogens is 2. The van der Waals surface area contributed by atoms with Gasteiger partial charge in [-0.2, -0.15) is 0 Å². The zero-order chi connectivity index (χ0) is 18.4. The summed E-state index contributed by atoms with van der Waals surface area (Å²) in [4.78, 5) is 10.7. The van der Waals surface area contributed by atoms with E-state index in [2.05, 4.69) is 6.58 Å². The fourth-order valence-corrected chi connectivity index (χ4v) is 2.51. The Morgan fingerprint density at radius 3 is 2.50 bits per heavy atom. The van der Waals surface area contributed by atoms with E-state index in [1.807, 2.05) is 13.8 Å². The quantitative estimate of drug-likeness (QED) is 0.489. The smallest absolute Gasteiger partial charge is 0.307 e. The van der Waals surface area contributed by atoms with E-state index in [-0.39, 0.29) is 33.9 Å². The third-order valence-electron chi connectivity index (χ3n) is 3.11. The number of hydrogen-bond donors (Lipinski definition) is 2. The Hall–Kier alpha value is -1.91. The molecule has 0 fully saturated rings. The monoisotopic (exact) mass is 370 g/mol. The van der Waals surface area contributed by atoms with E-state index in [0.29, 0.717) is 11.3 Å². The van der Waals surface area contributed by atoms with Crippen LogP contribution in [0.15, 0.2) is 52.3 Å². The maximum absolute atomic E-state index is 10.7. The standard InChI is InChI=1S/C18H20Cl2O4/c1-10(2)14-9-13(5-6-16(14)21)24-18(12(4)19)15(20)7-11(3)8-17(22)23/h5-7,9-10,21H,4,8H2,1-3H3,(H,22,23)/b11-7+,18-15-. The van der Waals surface area contributed by atoms with Crippen molar-refractivity contribution >= 4 is 29.2 Å². The molecule has 0 aliphatic carbocycles. The van der Waals surface area contributed by atoms with Crippen LogP contribution in [-0.2, 0) is 4.79 Å². The molecule has 0 saturated heterocycles. The number of hydrogen-bond acceptors (Lipinski definition) is 3. The van der Waals surface area contributed by atoms with E-state index in [9.17, 15) is 9.90 Å². The number of carboxylic acids is 1. The zero-order valence-electron chi connectivity index (χ0n) is 13.8. The lowest BCUT2D eigenvalue weighted by atomic mass is 10.0. The van der Waals surface area contributed by atoms with Gasteiger partial charge in [-0.1, -0.05) is 49.2 Å². The average Bonchev–Trinajstić information content (AvgIpc) is 2.44. The van der Waals surface area contributed by atoms with Gasteiger partial charge in [0, 0.05) is 5.56 Å². The topological polar surface area (TPSA) is 66.8 Å². The second-order valence-electron chi connectivity index (χ2n) is 5.62. The van der Waals surface area contributed by atoms with E-state index in [1.54, 1.807) is 19.1 Å². The number of aromatic hydroxyl groups is 1. The van der Waals surface area contributed by atoms with Crippen molar-refractivity contribution in [1.82, 2.24) is 0 Å². The van der Waals surface area contributed by atoms with Crippen molar-refractivity contribution in [3.63, 3.8) is 0 Å². The second kappa shape index (κ2) is 8.81. The molecule has 0 bridgehead atoms. The van der Waals surface area contributed by atoms with Gasteiger partial charge in [-0.3, -0.25) is 4.79 Å². The highest BCUT2D eigenvalue weighted by molar-refractivity contribution is 6.36. The van der Waals surface area contributed by atoms with Crippen molar-refractivity contribution in [2.45, 2.75) is 33.1 Å². The Morgan fingerprint density at radius 2 is 2.00 bits per heavy atom. The number of phenols is 1. The summed E-state index contributed by atoms with van der Waals surface area (Å²) in [6.07, 6.45) is 1.33. The summed E-state index contributed by atoms with van der Waals surface area (Å²) >= 11 is 12.1. The van der Waals surface area contributed by atoms with Crippen LogP contribution in [0.3, 0.4) is 0 Å². The number of rotatable bonds is 7. The summed E-state index contributed by atoms with van der Waals surface area (Å²) in [7, 11) is 0. The Kier molecular flexibility index (Phi) is 7.39. The SMILES string of the molecule is C=C(Cl)/C(Oc1ccc(O)c(C(C)C)c1)=C(Cl)\C=C(/C)CC(=O)O. The molecular formula is C18H20Cl2O4. The van der Waals surface area contributed by atoms with Gasteiger partial charge in [-0.15, -0.1) is 0 Å². The normalized spacial score (nSPS) is 12.8. The van der Waals surface area contributed by atoms with Gasteiger partial charge in [0.2, 0.25) is 0 Å². The van der Waals surface area contributed by atoms with Crippen molar-refractivity contribution in [2.75, 3.05) is 0 Å². The lowest BCUT2D eigenvalue weighted by Crippen LogP contribution is -2.00. The predicted molar refractivity (Wildman–Crippen MR) is 96.7 cm³/mol. The van der Waals surface area contributed by atoms with Crippen LogP contribution < -0.4 is 4.74 Å². The van der Waals surface area contributed by atoms with Crippen LogP contribution in [0.25, 0.3) is 0 Å². The highest BCUT2D eigenvalue weighted by atomic mass is 35.5. The number of ether oxygens (including phenoxy) is 1. The van der Waals surface area contributed by atoms with Crippen molar-refractivity contribution < 1.29 is 19.7 Å². The van der Waals surface area contributed by atoms with Gasteiger partial charge in [-0.05, 0) is 37.1 Å². The van der Waals surface area contributed by atoms with Crippen molar-refractivity contribution in [3.8, 4) is 11.5 Å². The van der Waals surface area contributed by atoms with Gasteiger partial charge in [0.05, 0.1) is 16.5 Å². The van der Waals surface area contributed by atoms with Gasteiger partial charge < -0.3 is 14.9 Å². The van der Waals surface area contributed by atoms with Crippen LogP contribution in [-0.4, -0.2) is 16.2 Å². The maximum atomic E-state index is 10.7. The van der Waals surface area contributed by atoms with E-state index >= 15 is 0 Å². The minimum Gasteiger partial charge on any atom is -0.508 e. The number of phenolic OH excluding ortho intramolecular Hbond substituents is 1.